The molecule has 0 saturated heterocycles. The zero-order valence-electron chi connectivity index (χ0n) is 21.1. The molecule has 0 heterocycles. The first kappa shape index (κ1) is 26.9. The van der Waals surface area contributed by atoms with E-state index >= 15 is 0 Å². The van der Waals surface area contributed by atoms with Gasteiger partial charge in [-0.2, -0.15) is 0 Å². The maximum atomic E-state index is 5.96. The van der Waals surface area contributed by atoms with Crippen LogP contribution in [0.3, 0.4) is 0 Å². The van der Waals surface area contributed by atoms with Crippen LogP contribution in [0.15, 0.2) is 71.8 Å². The summed E-state index contributed by atoms with van der Waals surface area (Å²) in [5.74, 6) is 3.66. The monoisotopic (exact) mass is 460 g/mol. The van der Waals surface area contributed by atoms with Crippen LogP contribution >= 0.6 is 0 Å². The molecule has 0 spiro atoms. The molecule has 0 amide bonds. The maximum absolute atomic E-state index is 5.96. The van der Waals surface area contributed by atoms with Crippen LogP contribution in [0.5, 0.6) is 0 Å². The first-order valence-corrected chi connectivity index (χ1v) is 15.0. The van der Waals surface area contributed by atoms with Crippen LogP contribution in [-0.4, -0.2) is 34.5 Å². The van der Waals surface area contributed by atoms with Gasteiger partial charge in [-0.1, -0.05) is 87.4 Å². The van der Waals surface area contributed by atoms with E-state index < -0.39 is 8.07 Å². The second-order valence-electron chi connectivity index (χ2n) is 8.17. The van der Waals surface area contributed by atoms with Gasteiger partial charge in [-0.3, -0.25) is 0 Å². The molecule has 0 saturated carbocycles. The van der Waals surface area contributed by atoms with Crippen molar-refractivity contribution in [3.63, 3.8) is 0 Å². The Bertz CT molecular complexity index is 937. The van der Waals surface area contributed by atoms with Gasteiger partial charge in [-0.05, 0) is 54.8 Å². The summed E-state index contributed by atoms with van der Waals surface area (Å²) in [7, 11) is -1.60. The zero-order valence-corrected chi connectivity index (χ0v) is 22.1. The lowest BCUT2D eigenvalue weighted by atomic mass is 9.92. The lowest BCUT2D eigenvalue weighted by Crippen LogP contribution is -2.29. The molecule has 0 aromatic heterocycles. The summed E-state index contributed by atoms with van der Waals surface area (Å²) in [5.41, 5.74) is 9.43. The molecule has 2 aromatic carbocycles. The highest BCUT2D eigenvalue weighted by atomic mass is 28.3. The van der Waals surface area contributed by atoms with Crippen molar-refractivity contribution in [2.75, 3.05) is 26.4 Å². The summed E-state index contributed by atoms with van der Waals surface area (Å²) in [4.78, 5) is 0. The fourth-order valence-corrected chi connectivity index (χ4v) is 6.35. The minimum atomic E-state index is -1.60. The summed E-state index contributed by atoms with van der Waals surface area (Å²) < 4.78 is 11.9. The molecule has 0 bridgehead atoms. The number of hydrogen-bond acceptors (Lipinski definition) is 2. The third kappa shape index (κ3) is 8.16. The molecule has 0 fully saturated rings. The van der Waals surface area contributed by atoms with E-state index in [-0.39, 0.29) is 0 Å². The Morgan fingerprint density at radius 2 is 1.30 bits per heavy atom. The van der Waals surface area contributed by atoms with E-state index in [4.69, 9.17) is 9.47 Å². The van der Waals surface area contributed by atoms with E-state index in [1.807, 2.05) is 19.9 Å². The van der Waals surface area contributed by atoms with Gasteiger partial charge in [0.15, 0.2) is 0 Å². The van der Waals surface area contributed by atoms with E-state index in [0.29, 0.717) is 26.4 Å². The molecule has 0 radical (unpaired) electrons. The Balaban J connectivity index is 2.79. The van der Waals surface area contributed by atoms with Gasteiger partial charge in [0.2, 0.25) is 0 Å². The Morgan fingerprint density at radius 1 is 0.758 bits per heavy atom. The summed E-state index contributed by atoms with van der Waals surface area (Å²) in [6.07, 6.45) is 2.23. The molecular weight excluding hydrogens is 420 g/mol. The van der Waals surface area contributed by atoms with Crippen LogP contribution in [0, 0.1) is 11.5 Å². The van der Waals surface area contributed by atoms with Gasteiger partial charge in [-0.15, -0.1) is 5.54 Å². The van der Waals surface area contributed by atoms with E-state index in [1.54, 1.807) is 0 Å². The van der Waals surface area contributed by atoms with E-state index in [1.165, 1.54) is 18.1 Å². The highest BCUT2D eigenvalue weighted by Crippen LogP contribution is 2.30. The van der Waals surface area contributed by atoms with Crippen molar-refractivity contribution in [2.24, 2.45) is 0 Å². The molecule has 0 N–H and O–H groups in total. The Hall–Kier alpha value is -2.38. The third-order valence-electron chi connectivity index (χ3n) is 6.25. The summed E-state index contributed by atoms with van der Waals surface area (Å²) in [5, 5.41) is 0. The van der Waals surface area contributed by atoms with Crippen molar-refractivity contribution in [3.05, 3.63) is 82.9 Å². The predicted octanol–water partition coefficient (Wildman–Crippen LogP) is 7.65. The smallest absolute Gasteiger partial charge is 0.138 e. The molecule has 33 heavy (non-hydrogen) atoms. The van der Waals surface area contributed by atoms with Gasteiger partial charge in [0.1, 0.15) is 8.07 Å². The van der Waals surface area contributed by atoms with Crippen LogP contribution in [0.4, 0.5) is 0 Å². The number of ether oxygens (including phenoxy) is 2. The lowest BCUT2D eigenvalue weighted by molar-refractivity contribution is 0.171. The predicted molar refractivity (Wildman–Crippen MR) is 146 cm³/mol. The van der Waals surface area contributed by atoms with Crippen LogP contribution < -0.4 is 0 Å². The average Bonchev–Trinajstić information content (AvgIpc) is 2.87. The normalized spacial score (nSPS) is 12.7. The molecule has 0 aliphatic heterocycles. The number of rotatable bonds is 12. The largest absolute Gasteiger partial charge is 0.377 e. The fourth-order valence-electron chi connectivity index (χ4n) is 3.90. The molecule has 0 unspecified atom stereocenters. The molecule has 0 aliphatic carbocycles. The molecule has 0 atom stereocenters. The molecule has 3 heteroatoms. The minimum Gasteiger partial charge on any atom is -0.377 e. The Kier molecular flexibility index (Phi) is 12.0. The van der Waals surface area contributed by atoms with Crippen LogP contribution in [0.2, 0.25) is 18.1 Å². The topological polar surface area (TPSA) is 18.5 Å². The third-order valence-corrected chi connectivity index (χ3v) is 11.0. The van der Waals surface area contributed by atoms with Crippen molar-refractivity contribution in [3.8, 4) is 11.5 Å². The van der Waals surface area contributed by atoms with Crippen LogP contribution in [0.1, 0.15) is 45.7 Å². The standard InChI is InChI=1S/C30H40O2Si/c1-6-31-24-28(21-22-33(8-3,9-4)10-5)30(27-19-15-12-16-20-27)29(25-32-7-2)23-26-17-13-11-14-18-26/h11-20,23H,6-10,24-25H2,1-5H3/b29-23+,30-28-. The molecular formula is C30H40O2Si. The Labute approximate surface area is 202 Å². The van der Waals surface area contributed by atoms with Crippen LogP contribution in [0.25, 0.3) is 11.6 Å². The van der Waals surface area contributed by atoms with Gasteiger partial charge in [0.25, 0.3) is 0 Å². The van der Waals surface area contributed by atoms with Gasteiger partial charge in [-0.25, -0.2) is 0 Å². The fraction of sp³-hybridized carbons (Fsp3) is 0.400. The van der Waals surface area contributed by atoms with Gasteiger partial charge >= 0.3 is 0 Å². The van der Waals surface area contributed by atoms with Crippen LogP contribution in [-0.2, 0) is 9.47 Å². The van der Waals surface area contributed by atoms with E-state index in [2.05, 4.69) is 92.9 Å². The van der Waals surface area contributed by atoms with E-state index in [0.717, 1.165) is 27.8 Å². The molecule has 2 rings (SSSR count). The highest BCUT2D eigenvalue weighted by molar-refractivity contribution is 6.87. The van der Waals surface area contributed by atoms with Gasteiger partial charge in [0, 0.05) is 24.4 Å². The minimum absolute atomic E-state index is 0.508. The molecule has 176 valence electrons. The van der Waals surface area contributed by atoms with Crippen molar-refractivity contribution in [1.29, 1.82) is 0 Å². The second-order valence-corrected chi connectivity index (χ2v) is 13.1. The maximum Gasteiger partial charge on any atom is 0.138 e. The molecule has 0 aliphatic rings. The first-order valence-electron chi connectivity index (χ1n) is 12.4. The molecule has 2 nitrogen and oxygen atoms in total. The summed E-state index contributed by atoms with van der Waals surface area (Å²) in [6.45, 7) is 13.3. The SMILES string of the molecule is CCOCC(=C\c1ccccc1)/C(=C(/C#C[Si](CC)(CC)CC)COCC)c1ccccc1. The van der Waals surface area contributed by atoms with Gasteiger partial charge in [0.05, 0.1) is 13.2 Å². The molecule has 2 aromatic rings. The van der Waals surface area contributed by atoms with Crippen molar-refractivity contribution >= 4 is 19.7 Å². The second kappa shape index (κ2) is 14.7. The summed E-state index contributed by atoms with van der Waals surface area (Å²) >= 11 is 0. The summed E-state index contributed by atoms with van der Waals surface area (Å²) in [6, 6.07) is 24.6. The number of hydrogen-bond donors (Lipinski definition) is 0. The highest BCUT2D eigenvalue weighted by Gasteiger charge is 2.24. The lowest BCUT2D eigenvalue weighted by Gasteiger charge is -2.21. The quantitative estimate of drug-likeness (QED) is 0.184. The number of benzene rings is 2. The van der Waals surface area contributed by atoms with Gasteiger partial charge < -0.3 is 9.47 Å². The zero-order chi connectivity index (χ0) is 23.9. The van der Waals surface area contributed by atoms with Crippen molar-refractivity contribution < 1.29 is 9.47 Å². The van der Waals surface area contributed by atoms with E-state index in [9.17, 15) is 0 Å². The average molecular weight is 461 g/mol. The van der Waals surface area contributed by atoms with Crippen molar-refractivity contribution in [1.82, 2.24) is 0 Å². The van der Waals surface area contributed by atoms with Crippen molar-refractivity contribution in [2.45, 2.75) is 52.8 Å². The first-order chi connectivity index (χ1) is 16.1. The Morgan fingerprint density at radius 3 is 1.85 bits per heavy atom.